The first kappa shape index (κ1) is 26.1. The van der Waals surface area contributed by atoms with Crippen molar-refractivity contribution in [3.63, 3.8) is 0 Å². The standard InChI is InChI=1S/C32H36N4O/c1-22(2)20-30(34-29-16-14-25(15-17-29)24(4)33-19-18-23(3)37)27-10-12-28(13-11-27)32-21-31(35-36-32)26-8-6-5-7-9-26/h5-17,22,30,33-34H,4,18-21H2,1-3H3. The van der Waals surface area contributed by atoms with E-state index in [0.29, 0.717) is 18.9 Å². The second-order valence-electron chi connectivity index (χ2n) is 10.0. The van der Waals surface area contributed by atoms with Crippen molar-refractivity contribution in [1.29, 1.82) is 0 Å². The summed E-state index contributed by atoms with van der Waals surface area (Å²) >= 11 is 0. The Morgan fingerprint density at radius 1 is 0.892 bits per heavy atom. The number of hydrogen-bond donors (Lipinski definition) is 2. The molecule has 1 aliphatic rings. The highest BCUT2D eigenvalue weighted by Gasteiger charge is 2.18. The molecule has 0 aromatic heterocycles. The average molecular weight is 493 g/mol. The fraction of sp³-hybridized carbons (Fsp3) is 0.281. The number of benzene rings is 3. The quantitative estimate of drug-likeness (QED) is 0.285. The second-order valence-corrected chi connectivity index (χ2v) is 10.0. The Morgan fingerprint density at radius 2 is 1.51 bits per heavy atom. The van der Waals surface area contributed by atoms with Gasteiger partial charge in [-0.15, -0.1) is 0 Å². The third-order valence-corrected chi connectivity index (χ3v) is 6.48. The van der Waals surface area contributed by atoms with Gasteiger partial charge in [0.05, 0.1) is 17.5 Å². The van der Waals surface area contributed by atoms with Gasteiger partial charge < -0.3 is 10.6 Å². The van der Waals surface area contributed by atoms with Crippen LogP contribution in [0.25, 0.3) is 5.70 Å². The van der Waals surface area contributed by atoms with Gasteiger partial charge in [-0.3, -0.25) is 4.79 Å². The summed E-state index contributed by atoms with van der Waals surface area (Å²) in [4.78, 5) is 11.2. The van der Waals surface area contributed by atoms with Crippen LogP contribution in [-0.2, 0) is 4.79 Å². The van der Waals surface area contributed by atoms with Crippen molar-refractivity contribution in [2.24, 2.45) is 16.1 Å². The fourth-order valence-electron chi connectivity index (χ4n) is 4.42. The molecule has 3 aromatic carbocycles. The summed E-state index contributed by atoms with van der Waals surface area (Å²) in [7, 11) is 0. The molecular weight excluding hydrogens is 456 g/mol. The topological polar surface area (TPSA) is 65.8 Å². The predicted octanol–water partition coefficient (Wildman–Crippen LogP) is 7.02. The maximum absolute atomic E-state index is 11.2. The molecule has 0 fully saturated rings. The second kappa shape index (κ2) is 12.3. The summed E-state index contributed by atoms with van der Waals surface area (Å²) in [5.74, 6) is 0.716. The number of carbonyl (C=O) groups is 1. The number of carbonyl (C=O) groups excluding carboxylic acids is 1. The zero-order chi connectivity index (χ0) is 26.2. The molecule has 0 radical (unpaired) electrons. The first-order valence-electron chi connectivity index (χ1n) is 13.0. The van der Waals surface area contributed by atoms with E-state index in [4.69, 9.17) is 0 Å². The number of Topliss-reactive ketones (excluding diaryl/α,β-unsaturated/α-hetero) is 1. The summed E-state index contributed by atoms with van der Waals surface area (Å²) in [6, 6.07) is 27.4. The van der Waals surface area contributed by atoms with Gasteiger partial charge in [0.25, 0.3) is 0 Å². The Morgan fingerprint density at radius 3 is 2.11 bits per heavy atom. The van der Waals surface area contributed by atoms with Gasteiger partial charge in [-0.05, 0) is 53.6 Å². The minimum atomic E-state index is 0.172. The van der Waals surface area contributed by atoms with E-state index < -0.39 is 0 Å². The molecule has 3 aromatic rings. The van der Waals surface area contributed by atoms with E-state index in [-0.39, 0.29) is 11.8 Å². The van der Waals surface area contributed by atoms with Gasteiger partial charge in [0.15, 0.2) is 0 Å². The van der Waals surface area contributed by atoms with Crippen LogP contribution in [0, 0.1) is 5.92 Å². The first-order chi connectivity index (χ1) is 17.9. The third kappa shape index (κ3) is 7.26. The van der Waals surface area contributed by atoms with Crippen molar-refractivity contribution in [3.8, 4) is 0 Å². The van der Waals surface area contributed by atoms with Gasteiger partial charge in [-0.2, -0.15) is 10.2 Å². The Balaban J connectivity index is 1.40. The number of nitrogens with one attached hydrogen (secondary N) is 2. The van der Waals surface area contributed by atoms with Gasteiger partial charge >= 0.3 is 0 Å². The van der Waals surface area contributed by atoms with Crippen molar-refractivity contribution in [2.45, 2.75) is 46.1 Å². The molecule has 5 nitrogen and oxygen atoms in total. The fourth-order valence-corrected chi connectivity index (χ4v) is 4.42. The number of anilines is 1. The summed E-state index contributed by atoms with van der Waals surface area (Å²) in [6.45, 7) is 10.8. The normalized spacial score (nSPS) is 13.6. The molecule has 0 bridgehead atoms. The zero-order valence-electron chi connectivity index (χ0n) is 22.0. The van der Waals surface area contributed by atoms with Gasteiger partial charge in [0.1, 0.15) is 5.78 Å². The third-order valence-electron chi connectivity index (χ3n) is 6.48. The van der Waals surface area contributed by atoms with Crippen molar-refractivity contribution < 1.29 is 4.79 Å². The van der Waals surface area contributed by atoms with Crippen LogP contribution < -0.4 is 10.6 Å². The van der Waals surface area contributed by atoms with E-state index in [0.717, 1.165) is 52.3 Å². The lowest BCUT2D eigenvalue weighted by Gasteiger charge is -2.23. The molecular formula is C32H36N4O. The minimum Gasteiger partial charge on any atom is -0.385 e. The van der Waals surface area contributed by atoms with Crippen molar-refractivity contribution >= 4 is 28.6 Å². The molecule has 0 amide bonds. The molecule has 37 heavy (non-hydrogen) atoms. The van der Waals surface area contributed by atoms with Crippen LogP contribution in [0.2, 0.25) is 0 Å². The van der Waals surface area contributed by atoms with E-state index in [1.165, 1.54) is 5.56 Å². The molecule has 0 saturated heterocycles. The molecule has 1 heterocycles. The predicted molar refractivity (Wildman–Crippen MR) is 155 cm³/mol. The van der Waals surface area contributed by atoms with Crippen LogP contribution in [0.5, 0.6) is 0 Å². The molecule has 1 aliphatic heterocycles. The van der Waals surface area contributed by atoms with Crippen LogP contribution in [-0.4, -0.2) is 23.8 Å². The first-order valence-corrected chi connectivity index (χ1v) is 13.0. The Labute approximate surface area is 220 Å². The van der Waals surface area contributed by atoms with Crippen LogP contribution in [0.3, 0.4) is 0 Å². The molecule has 0 saturated carbocycles. The highest BCUT2D eigenvalue weighted by atomic mass is 16.1. The van der Waals surface area contributed by atoms with E-state index in [9.17, 15) is 4.79 Å². The van der Waals surface area contributed by atoms with E-state index in [2.05, 4.69) is 102 Å². The van der Waals surface area contributed by atoms with E-state index in [1.807, 2.05) is 18.2 Å². The zero-order valence-corrected chi connectivity index (χ0v) is 22.0. The van der Waals surface area contributed by atoms with E-state index in [1.54, 1.807) is 6.92 Å². The van der Waals surface area contributed by atoms with Gasteiger partial charge in [0, 0.05) is 30.8 Å². The molecule has 1 atom stereocenters. The molecule has 190 valence electrons. The van der Waals surface area contributed by atoms with Crippen LogP contribution in [0.4, 0.5) is 5.69 Å². The number of ketones is 1. The van der Waals surface area contributed by atoms with Gasteiger partial charge in [-0.1, -0.05) is 87.2 Å². The Bertz CT molecular complexity index is 1270. The molecule has 4 rings (SSSR count). The smallest absolute Gasteiger partial charge is 0.131 e. The summed E-state index contributed by atoms with van der Waals surface area (Å²) < 4.78 is 0. The summed E-state index contributed by atoms with van der Waals surface area (Å²) in [5.41, 5.74) is 8.42. The average Bonchev–Trinajstić information content (AvgIpc) is 3.39. The lowest BCUT2D eigenvalue weighted by Crippen LogP contribution is -2.15. The largest absolute Gasteiger partial charge is 0.385 e. The molecule has 1 unspecified atom stereocenters. The summed E-state index contributed by atoms with van der Waals surface area (Å²) in [5, 5.41) is 15.8. The van der Waals surface area contributed by atoms with Crippen molar-refractivity contribution in [1.82, 2.24) is 5.32 Å². The lowest BCUT2D eigenvalue weighted by atomic mass is 9.94. The number of nitrogens with zero attached hydrogens (tertiary/aromatic N) is 2. The monoisotopic (exact) mass is 492 g/mol. The van der Waals surface area contributed by atoms with Gasteiger partial charge in [0.2, 0.25) is 0 Å². The lowest BCUT2D eigenvalue weighted by molar-refractivity contribution is -0.116. The van der Waals surface area contributed by atoms with Crippen LogP contribution in [0.1, 0.15) is 68.3 Å². The molecule has 2 N–H and O–H groups in total. The SMILES string of the molecule is C=C(NCCC(C)=O)c1ccc(NC(CC(C)C)c2ccc(C3=NN=C(c4ccccc4)C3)cc2)cc1. The maximum Gasteiger partial charge on any atom is 0.131 e. The highest BCUT2D eigenvalue weighted by molar-refractivity contribution is 6.20. The van der Waals surface area contributed by atoms with Crippen molar-refractivity contribution in [2.75, 3.05) is 11.9 Å². The highest BCUT2D eigenvalue weighted by Crippen LogP contribution is 2.28. The summed E-state index contributed by atoms with van der Waals surface area (Å²) in [6.07, 6.45) is 2.27. The van der Waals surface area contributed by atoms with Crippen LogP contribution in [0.15, 0.2) is 95.6 Å². The van der Waals surface area contributed by atoms with Crippen LogP contribution >= 0.6 is 0 Å². The maximum atomic E-state index is 11.2. The number of hydrogen-bond acceptors (Lipinski definition) is 5. The molecule has 0 aliphatic carbocycles. The van der Waals surface area contributed by atoms with Crippen molar-refractivity contribution in [3.05, 3.63) is 108 Å². The Hall–Kier alpha value is -3.99. The minimum absolute atomic E-state index is 0.172. The van der Waals surface area contributed by atoms with E-state index >= 15 is 0 Å². The Kier molecular flexibility index (Phi) is 8.68. The molecule has 0 spiro atoms. The molecule has 5 heteroatoms. The van der Waals surface area contributed by atoms with Gasteiger partial charge in [-0.25, -0.2) is 0 Å². The number of rotatable bonds is 12.